The van der Waals surface area contributed by atoms with E-state index in [0.29, 0.717) is 18.5 Å². The average Bonchev–Trinajstić information content (AvgIpc) is 2.31. The van der Waals surface area contributed by atoms with Crippen molar-refractivity contribution in [3.8, 4) is 0 Å². The van der Waals surface area contributed by atoms with E-state index < -0.39 is 21.2 Å². The summed E-state index contributed by atoms with van der Waals surface area (Å²) < 4.78 is 37.0. The Balaban J connectivity index is 2.26. The lowest BCUT2D eigenvalue weighted by Gasteiger charge is -2.37. The van der Waals surface area contributed by atoms with Gasteiger partial charge in [-0.05, 0) is 25.0 Å². The quantitative estimate of drug-likeness (QED) is 0.865. The van der Waals surface area contributed by atoms with Gasteiger partial charge in [-0.25, -0.2) is 12.8 Å². The van der Waals surface area contributed by atoms with E-state index in [9.17, 15) is 12.8 Å². The first kappa shape index (κ1) is 13.3. The van der Waals surface area contributed by atoms with E-state index in [1.165, 1.54) is 6.07 Å². The highest BCUT2D eigenvalue weighted by Crippen LogP contribution is 2.27. The van der Waals surface area contributed by atoms with Crippen LogP contribution in [0.25, 0.3) is 0 Å². The van der Waals surface area contributed by atoms with Crippen LogP contribution >= 0.6 is 0 Å². The Bertz CT molecular complexity index is 533. The van der Waals surface area contributed by atoms with E-state index in [2.05, 4.69) is 5.32 Å². The molecular weight excluding hydrogens is 255 g/mol. The summed E-state index contributed by atoms with van der Waals surface area (Å²) in [5, 5.41) is 2.99. The van der Waals surface area contributed by atoms with Crippen molar-refractivity contribution in [1.29, 1.82) is 0 Å². The zero-order chi connectivity index (χ0) is 13.2. The smallest absolute Gasteiger partial charge is 0.152 e. The minimum atomic E-state index is -3.10. The molecule has 1 fully saturated rings. The first-order chi connectivity index (χ1) is 8.46. The first-order valence-corrected chi connectivity index (χ1v) is 7.72. The zero-order valence-electron chi connectivity index (χ0n) is 10.0. The highest BCUT2D eigenvalue weighted by atomic mass is 32.2. The Morgan fingerprint density at radius 2 is 2.11 bits per heavy atom. The number of nitrogens with one attached hydrogen (secondary N) is 1. The molecule has 18 heavy (non-hydrogen) atoms. The zero-order valence-corrected chi connectivity index (χ0v) is 10.8. The lowest BCUT2D eigenvalue weighted by molar-refractivity contribution is 0.447. The monoisotopic (exact) mass is 272 g/mol. The van der Waals surface area contributed by atoms with Gasteiger partial charge in [0.15, 0.2) is 9.84 Å². The number of halogens is 1. The fraction of sp³-hybridized carbons (Fsp3) is 0.500. The third-order valence-corrected chi connectivity index (χ3v) is 5.17. The van der Waals surface area contributed by atoms with Gasteiger partial charge >= 0.3 is 0 Å². The molecule has 1 aliphatic rings. The van der Waals surface area contributed by atoms with Gasteiger partial charge in [-0.15, -0.1) is 0 Å². The molecule has 3 N–H and O–H groups in total. The molecule has 0 saturated carbocycles. The fourth-order valence-electron chi connectivity index (χ4n) is 2.35. The maximum Gasteiger partial charge on any atom is 0.152 e. The molecule has 4 nitrogen and oxygen atoms in total. The molecule has 1 saturated heterocycles. The molecule has 0 spiro atoms. The van der Waals surface area contributed by atoms with Crippen molar-refractivity contribution in [2.45, 2.75) is 18.4 Å². The van der Waals surface area contributed by atoms with E-state index >= 15 is 0 Å². The van der Waals surface area contributed by atoms with Crippen molar-refractivity contribution in [3.05, 3.63) is 30.1 Å². The summed E-state index contributed by atoms with van der Waals surface area (Å²) in [6.07, 6.45) is 1.19. The molecule has 1 aromatic carbocycles. The van der Waals surface area contributed by atoms with Crippen molar-refractivity contribution < 1.29 is 12.8 Å². The second kappa shape index (κ2) is 4.85. The first-order valence-electron chi connectivity index (χ1n) is 5.90. The standard InChI is InChI=1S/C12H17FN2O2S/c13-10-4-1-2-5-11(10)15-12(8-14)6-3-7-18(16,17)9-12/h1-2,4-5,15H,3,6-9,14H2. The van der Waals surface area contributed by atoms with Crippen molar-refractivity contribution in [3.63, 3.8) is 0 Å². The highest BCUT2D eigenvalue weighted by Gasteiger charge is 2.38. The predicted octanol–water partition coefficient (Wildman–Crippen LogP) is 1.14. The molecule has 0 bridgehead atoms. The van der Waals surface area contributed by atoms with Gasteiger partial charge in [0.1, 0.15) is 5.82 Å². The van der Waals surface area contributed by atoms with Crippen LogP contribution < -0.4 is 11.1 Å². The van der Waals surface area contributed by atoms with Gasteiger partial charge < -0.3 is 11.1 Å². The number of benzene rings is 1. The van der Waals surface area contributed by atoms with E-state index in [-0.39, 0.29) is 18.1 Å². The van der Waals surface area contributed by atoms with Crippen LogP contribution in [-0.2, 0) is 9.84 Å². The number of anilines is 1. The van der Waals surface area contributed by atoms with Crippen LogP contribution in [0, 0.1) is 5.82 Å². The number of rotatable bonds is 3. The summed E-state index contributed by atoms with van der Waals surface area (Å²) >= 11 is 0. The molecule has 1 aromatic rings. The van der Waals surface area contributed by atoms with Gasteiger partial charge in [0, 0.05) is 6.54 Å². The molecule has 1 atom stereocenters. The Kier molecular flexibility index (Phi) is 3.59. The summed E-state index contributed by atoms with van der Waals surface area (Å²) in [6.45, 7) is 0.167. The highest BCUT2D eigenvalue weighted by molar-refractivity contribution is 7.91. The molecule has 1 unspecified atom stereocenters. The summed E-state index contributed by atoms with van der Waals surface area (Å²) in [5.41, 5.74) is 5.26. The van der Waals surface area contributed by atoms with Gasteiger partial charge in [0.25, 0.3) is 0 Å². The minimum Gasteiger partial charge on any atom is -0.375 e. The van der Waals surface area contributed by atoms with Crippen molar-refractivity contribution in [2.24, 2.45) is 5.73 Å². The molecular formula is C12H17FN2O2S. The molecule has 2 rings (SSSR count). The largest absolute Gasteiger partial charge is 0.375 e. The topological polar surface area (TPSA) is 72.2 Å². The van der Waals surface area contributed by atoms with Crippen LogP contribution in [0.2, 0.25) is 0 Å². The maximum atomic E-state index is 13.6. The number of para-hydroxylation sites is 1. The van der Waals surface area contributed by atoms with Gasteiger partial charge in [-0.3, -0.25) is 0 Å². The summed E-state index contributed by atoms with van der Waals surface area (Å²) in [6, 6.07) is 6.22. The van der Waals surface area contributed by atoms with E-state index in [0.717, 1.165) is 0 Å². The lowest BCUT2D eigenvalue weighted by Crippen LogP contribution is -2.54. The number of hydrogen-bond acceptors (Lipinski definition) is 4. The van der Waals surface area contributed by atoms with Crippen LogP contribution in [0.3, 0.4) is 0 Å². The Morgan fingerprint density at radius 1 is 1.39 bits per heavy atom. The minimum absolute atomic E-state index is 0.0369. The Hall–Kier alpha value is -1.14. The van der Waals surface area contributed by atoms with Gasteiger partial charge in [-0.2, -0.15) is 0 Å². The second-order valence-corrected chi connectivity index (χ2v) is 6.97. The van der Waals surface area contributed by atoms with Crippen LogP contribution in [0.15, 0.2) is 24.3 Å². The van der Waals surface area contributed by atoms with Crippen LogP contribution in [0.5, 0.6) is 0 Å². The third-order valence-electron chi connectivity index (χ3n) is 3.27. The summed E-state index contributed by atoms with van der Waals surface area (Å²) in [7, 11) is -3.10. The van der Waals surface area contributed by atoms with Crippen LogP contribution in [0.1, 0.15) is 12.8 Å². The van der Waals surface area contributed by atoms with Gasteiger partial charge in [0.05, 0.1) is 22.7 Å². The van der Waals surface area contributed by atoms with E-state index in [4.69, 9.17) is 5.73 Å². The molecule has 1 aliphatic heterocycles. The van der Waals surface area contributed by atoms with Crippen LogP contribution in [0.4, 0.5) is 10.1 Å². The predicted molar refractivity (Wildman–Crippen MR) is 69.7 cm³/mol. The average molecular weight is 272 g/mol. The number of nitrogens with two attached hydrogens (primary N) is 1. The number of hydrogen-bond donors (Lipinski definition) is 2. The maximum absolute atomic E-state index is 13.6. The van der Waals surface area contributed by atoms with Crippen molar-refractivity contribution >= 4 is 15.5 Å². The third kappa shape index (κ3) is 2.81. The van der Waals surface area contributed by atoms with Crippen molar-refractivity contribution in [2.75, 3.05) is 23.4 Å². The Morgan fingerprint density at radius 3 is 2.72 bits per heavy atom. The molecule has 0 radical (unpaired) electrons. The summed E-state index contributed by atoms with van der Waals surface area (Å²) in [4.78, 5) is 0. The number of sulfone groups is 1. The van der Waals surface area contributed by atoms with E-state index in [1.54, 1.807) is 18.2 Å². The lowest BCUT2D eigenvalue weighted by atomic mass is 9.95. The summed E-state index contributed by atoms with van der Waals surface area (Å²) in [5.74, 6) is -0.244. The van der Waals surface area contributed by atoms with Gasteiger partial charge in [0.2, 0.25) is 0 Å². The molecule has 0 amide bonds. The normalized spacial score (nSPS) is 26.8. The van der Waals surface area contributed by atoms with Crippen LogP contribution in [-0.4, -0.2) is 32.0 Å². The molecule has 1 heterocycles. The molecule has 6 heteroatoms. The molecule has 100 valence electrons. The van der Waals surface area contributed by atoms with E-state index in [1.807, 2.05) is 0 Å². The second-order valence-electron chi connectivity index (χ2n) is 4.78. The fourth-order valence-corrected chi connectivity index (χ4v) is 4.26. The van der Waals surface area contributed by atoms with Crippen molar-refractivity contribution in [1.82, 2.24) is 0 Å². The van der Waals surface area contributed by atoms with Gasteiger partial charge in [-0.1, -0.05) is 12.1 Å². The molecule has 0 aromatic heterocycles. The SMILES string of the molecule is NCC1(Nc2ccccc2F)CCCS(=O)(=O)C1. The molecule has 0 aliphatic carbocycles. The Labute approximate surface area is 106 Å².